The normalized spacial score (nSPS) is 32.7. The van der Waals surface area contributed by atoms with Gasteiger partial charge in [0.2, 0.25) is 0 Å². The summed E-state index contributed by atoms with van der Waals surface area (Å²) in [6, 6.07) is 0.866. The van der Waals surface area contributed by atoms with Crippen molar-refractivity contribution in [3.05, 3.63) is 0 Å². The standard InChI is InChI=1S/C14H24N2O2/c1-14(2,3)18-13(17)16-8-10-6-15(12-4-5-12)7-11(10)9-16/h10-12H,4-9H2,1-3H3/t10-,11-/m0/s1. The zero-order chi connectivity index (χ0) is 12.9. The van der Waals surface area contributed by atoms with Crippen LogP contribution in [0.5, 0.6) is 0 Å². The van der Waals surface area contributed by atoms with Crippen molar-refractivity contribution < 1.29 is 9.53 Å². The third-order valence-corrected chi connectivity index (χ3v) is 4.23. The number of fused-ring (bicyclic) bond motifs is 1. The Hall–Kier alpha value is -0.770. The zero-order valence-electron chi connectivity index (χ0n) is 11.7. The fourth-order valence-corrected chi connectivity index (χ4v) is 3.24. The van der Waals surface area contributed by atoms with Crippen LogP contribution in [0.2, 0.25) is 0 Å². The molecule has 102 valence electrons. The minimum absolute atomic E-state index is 0.130. The first-order valence-electron chi connectivity index (χ1n) is 7.14. The summed E-state index contributed by atoms with van der Waals surface area (Å²) < 4.78 is 5.45. The van der Waals surface area contributed by atoms with Gasteiger partial charge in [0.05, 0.1) is 0 Å². The number of nitrogens with zero attached hydrogens (tertiary/aromatic N) is 2. The molecule has 2 saturated heterocycles. The molecule has 0 bridgehead atoms. The molecule has 4 nitrogen and oxygen atoms in total. The molecular weight excluding hydrogens is 228 g/mol. The number of ether oxygens (including phenoxy) is 1. The number of amides is 1. The molecule has 2 atom stereocenters. The lowest BCUT2D eigenvalue weighted by molar-refractivity contribution is 0.0274. The fraction of sp³-hybridized carbons (Fsp3) is 0.929. The van der Waals surface area contributed by atoms with Crippen LogP contribution in [0, 0.1) is 11.8 Å². The van der Waals surface area contributed by atoms with E-state index in [0.717, 1.165) is 19.1 Å². The summed E-state index contributed by atoms with van der Waals surface area (Å²) in [5, 5.41) is 0. The largest absolute Gasteiger partial charge is 0.444 e. The highest BCUT2D eigenvalue weighted by Gasteiger charge is 2.45. The Morgan fingerprint density at radius 3 is 2.06 bits per heavy atom. The van der Waals surface area contributed by atoms with Gasteiger partial charge in [0.25, 0.3) is 0 Å². The molecule has 0 unspecified atom stereocenters. The SMILES string of the molecule is CC(C)(C)OC(=O)N1C[C@@H]2CN(C3CC3)C[C@H]2C1. The van der Waals surface area contributed by atoms with Gasteiger partial charge in [-0.25, -0.2) is 4.79 Å². The van der Waals surface area contributed by atoms with Crippen LogP contribution in [0.25, 0.3) is 0 Å². The van der Waals surface area contributed by atoms with Crippen LogP contribution >= 0.6 is 0 Å². The molecule has 2 heterocycles. The highest BCUT2D eigenvalue weighted by atomic mass is 16.6. The Balaban J connectivity index is 1.53. The molecule has 0 aromatic carbocycles. The molecule has 1 saturated carbocycles. The lowest BCUT2D eigenvalue weighted by Gasteiger charge is -2.26. The van der Waals surface area contributed by atoms with E-state index in [2.05, 4.69) is 4.90 Å². The summed E-state index contributed by atoms with van der Waals surface area (Å²) in [6.07, 6.45) is 2.64. The van der Waals surface area contributed by atoms with Crippen LogP contribution in [0.15, 0.2) is 0 Å². The topological polar surface area (TPSA) is 32.8 Å². The fourth-order valence-electron chi connectivity index (χ4n) is 3.24. The van der Waals surface area contributed by atoms with Crippen LogP contribution in [0.3, 0.4) is 0 Å². The van der Waals surface area contributed by atoms with E-state index < -0.39 is 0 Å². The molecule has 1 amide bonds. The Morgan fingerprint density at radius 2 is 1.61 bits per heavy atom. The second-order valence-electron chi connectivity index (χ2n) is 7.09. The molecule has 0 aromatic rings. The quantitative estimate of drug-likeness (QED) is 0.715. The third-order valence-electron chi connectivity index (χ3n) is 4.23. The molecule has 1 aliphatic carbocycles. The van der Waals surface area contributed by atoms with E-state index in [0.29, 0.717) is 11.8 Å². The zero-order valence-corrected chi connectivity index (χ0v) is 11.7. The minimum Gasteiger partial charge on any atom is -0.444 e. The molecule has 3 rings (SSSR count). The van der Waals surface area contributed by atoms with Gasteiger partial charge in [-0.15, -0.1) is 0 Å². The van der Waals surface area contributed by atoms with E-state index in [9.17, 15) is 4.79 Å². The number of rotatable bonds is 1. The average molecular weight is 252 g/mol. The molecular formula is C14H24N2O2. The summed E-state index contributed by atoms with van der Waals surface area (Å²) in [7, 11) is 0. The van der Waals surface area contributed by atoms with Crippen molar-refractivity contribution in [3.8, 4) is 0 Å². The van der Waals surface area contributed by atoms with E-state index in [1.807, 2.05) is 25.7 Å². The lowest BCUT2D eigenvalue weighted by atomic mass is 10.0. The summed E-state index contributed by atoms with van der Waals surface area (Å²) in [4.78, 5) is 16.5. The first-order chi connectivity index (χ1) is 8.42. The maximum absolute atomic E-state index is 12.0. The van der Waals surface area contributed by atoms with Gasteiger partial charge in [0.1, 0.15) is 5.60 Å². The van der Waals surface area contributed by atoms with Gasteiger partial charge in [0, 0.05) is 32.2 Å². The maximum Gasteiger partial charge on any atom is 0.410 e. The molecule has 4 heteroatoms. The van der Waals surface area contributed by atoms with E-state index in [1.54, 1.807) is 0 Å². The van der Waals surface area contributed by atoms with Crippen molar-refractivity contribution in [2.24, 2.45) is 11.8 Å². The van der Waals surface area contributed by atoms with Gasteiger partial charge in [-0.3, -0.25) is 4.90 Å². The molecule has 3 fully saturated rings. The Bertz CT molecular complexity index is 332. The number of likely N-dealkylation sites (tertiary alicyclic amines) is 2. The van der Waals surface area contributed by atoms with Gasteiger partial charge in [0.15, 0.2) is 0 Å². The van der Waals surface area contributed by atoms with Crippen molar-refractivity contribution in [2.45, 2.75) is 45.3 Å². The van der Waals surface area contributed by atoms with Gasteiger partial charge in [-0.1, -0.05) is 0 Å². The van der Waals surface area contributed by atoms with Crippen LogP contribution in [0.4, 0.5) is 4.79 Å². The summed E-state index contributed by atoms with van der Waals surface area (Å²) in [5.74, 6) is 1.36. The minimum atomic E-state index is -0.380. The molecule has 18 heavy (non-hydrogen) atoms. The number of hydrogen-bond acceptors (Lipinski definition) is 3. The highest BCUT2D eigenvalue weighted by Crippen LogP contribution is 2.38. The summed E-state index contributed by atoms with van der Waals surface area (Å²) in [5.41, 5.74) is -0.380. The molecule has 3 aliphatic rings. The second kappa shape index (κ2) is 4.12. The van der Waals surface area contributed by atoms with Crippen LogP contribution < -0.4 is 0 Å². The lowest BCUT2D eigenvalue weighted by Crippen LogP contribution is -2.37. The van der Waals surface area contributed by atoms with E-state index in [-0.39, 0.29) is 11.7 Å². The van der Waals surface area contributed by atoms with Crippen LogP contribution in [-0.2, 0) is 4.74 Å². The summed E-state index contributed by atoms with van der Waals surface area (Å²) >= 11 is 0. The smallest absolute Gasteiger partial charge is 0.410 e. The van der Waals surface area contributed by atoms with Gasteiger partial charge in [-0.05, 0) is 45.4 Å². The molecule has 0 N–H and O–H groups in total. The van der Waals surface area contributed by atoms with Gasteiger partial charge in [-0.2, -0.15) is 0 Å². The maximum atomic E-state index is 12.0. The Labute approximate surface area is 109 Å². The predicted octanol–water partition coefficient (Wildman–Crippen LogP) is 1.95. The Kier molecular flexibility index (Phi) is 2.81. The van der Waals surface area contributed by atoms with Crippen molar-refractivity contribution in [1.82, 2.24) is 9.80 Å². The Morgan fingerprint density at radius 1 is 1.06 bits per heavy atom. The first kappa shape index (κ1) is 12.3. The predicted molar refractivity (Wildman–Crippen MR) is 69.4 cm³/mol. The average Bonchev–Trinajstić information content (AvgIpc) is 2.86. The number of carbonyl (C=O) groups is 1. The summed E-state index contributed by atoms with van der Waals surface area (Å²) in [6.45, 7) is 9.94. The van der Waals surface area contributed by atoms with E-state index in [1.165, 1.54) is 25.9 Å². The van der Waals surface area contributed by atoms with Crippen molar-refractivity contribution >= 4 is 6.09 Å². The molecule has 0 aromatic heterocycles. The first-order valence-corrected chi connectivity index (χ1v) is 7.14. The monoisotopic (exact) mass is 252 g/mol. The third kappa shape index (κ3) is 2.48. The second-order valence-corrected chi connectivity index (χ2v) is 7.09. The number of hydrogen-bond donors (Lipinski definition) is 0. The van der Waals surface area contributed by atoms with Crippen molar-refractivity contribution in [1.29, 1.82) is 0 Å². The van der Waals surface area contributed by atoms with Crippen LogP contribution in [0.1, 0.15) is 33.6 Å². The number of carbonyl (C=O) groups excluding carboxylic acids is 1. The highest BCUT2D eigenvalue weighted by molar-refractivity contribution is 5.68. The van der Waals surface area contributed by atoms with E-state index >= 15 is 0 Å². The van der Waals surface area contributed by atoms with Crippen molar-refractivity contribution in [2.75, 3.05) is 26.2 Å². The van der Waals surface area contributed by atoms with Crippen LogP contribution in [-0.4, -0.2) is 53.7 Å². The van der Waals surface area contributed by atoms with E-state index in [4.69, 9.17) is 4.74 Å². The molecule has 0 radical (unpaired) electrons. The van der Waals surface area contributed by atoms with Crippen molar-refractivity contribution in [3.63, 3.8) is 0 Å². The van der Waals surface area contributed by atoms with Gasteiger partial charge >= 0.3 is 6.09 Å². The molecule has 0 spiro atoms. The molecule has 2 aliphatic heterocycles. The van der Waals surface area contributed by atoms with Gasteiger partial charge < -0.3 is 9.64 Å².